The molecule has 0 aliphatic heterocycles. The highest BCUT2D eigenvalue weighted by molar-refractivity contribution is 8.13. The number of aromatic nitrogens is 2. The summed E-state index contributed by atoms with van der Waals surface area (Å²) in [4.78, 5) is 12.8. The first-order chi connectivity index (χ1) is 8.35. The van der Waals surface area contributed by atoms with Gasteiger partial charge in [-0.3, -0.25) is 15.3 Å². The summed E-state index contributed by atoms with van der Waals surface area (Å²) in [5.74, 6) is 0. The van der Waals surface area contributed by atoms with Crippen LogP contribution in [0.25, 0.3) is 11.0 Å². The molecule has 0 unspecified atom stereocenters. The van der Waals surface area contributed by atoms with Gasteiger partial charge in [0.2, 0.25) is 0 Å². The molecule has 6 heteroatoms. The number of nitrogens with zero attached hydrogens (tertiary/aromatic N) is 4. The van der Waals surface area contributed by atoms with Gasteiger partial charge in [-0.05, 0) is 18.4 Å². The molecule has 0 saturated heterocycles. The van der Waals surface area contributed by atoms with Gasteiger partial charge in [-0.25, -0.2) is 4.99 Å². The van der Waals surface area contributed by atoms with E-state index in [2.05, 4.69) is 20.3 Å². The van der Waals surface area contributed by atoms with Crippen LogP contribution in [-0.2, 0) is 0 Å². The topological polar surface area (TPSA) is 74.0 Å². The van der Waals surface area contributed by atoms with Gasteiger partial charge in [0, 0.05) is 12.4 Å². The largest absolute Gasteiger partial charge is 0.271 e. The predicted octanol–water partition coefficient (Wildman–Crippen LogP) is 2.05. The van der Waals surface area contributed by atoms with E-state index in [0.717, 1.165) is 11.0 Å². The zero-order valence-electron chi connectivity index (χ0n) is 9.08. The maximum atomic E-state index is 8.58. The molecule has 1 heterocycles. The van der Waals surface area contributed by atoms with Crippen molar-refractivity contribution in [1.82, 2.24) is 15.3 Å². The molecule has 0 aliphatic rings. The second-order valence-corrected chi connectivity index (χ2v) is 3.85. The van der Waals surface area contributed by atoms with Crippen molar-refractivity contribution in [1.29, 1.82) is 5.26 Å². The van der Waals surface area contributed by atoms with Crippen molar-refractivity contribution in [2.75, 3.05) is 6.26 Å². The smallest absolute Gasteiger partial charge is 0.183 e. The van der Waals surface area contributed by atoms with Crippen LogP contribution < -0.4 is 5.32 Å². The van der Waals surface area contributed by atoms with Crippen molar-refractivity contribution in [2.24, 2.45) is 4.99 Å². The Labute approximate surface area is 103 Å². The molecule has 0 saturated carbocycles. The van der Waals surface area contributed by atoms with Gasteiger partial charge >= 0.3 is 0 Å². The summed E-state index contributed by atoms with van der Waals surface area (Å²) < 4.78 is 0. The molecule has 1 aromatic heterocycles. The van der Waals surface area contributed by atoms with Crippen LogP contribution >= 0.6 is 11.8 Å². The monoisotopic (exact) mass is 243 g/mol. The summed E-state index contributed by atoms with van der Waals surface area (Å²) in [6.07, 6.45) is 6.96. The molecular formula is C11H9N5S. The van der Waals surface area contributed by atoms with Crippen molar-refractivity contribution in [3.8, 4) is 6.19 Å². The molecule has 2 rings (SSSR count). The number of nitriles is 1. The van der Waals surface area contributed by atoms with Gasteiger partial charge in [0.05, 0.1) is 11.2 Å². The highest BCUT2D eigenvalue weighted by atomic mass is 32.2. The molecule has 0 amide bonds. The summed E-state index contributed by atoms with van der Waals surface area (Å²) in [5, 5.41) is 11.6. The fraction of sp³-hybridized carbons (Fsp3) is 0.0909. The number of aliphatic imine (C=N–C) groups is 1. The third-order valence-corrected chi connectivity index (χ3v) is 2.64. The molecule has 84 valence electrons. The van der Waals surface area contributed by atoms with Crippen molar-refractivity contribution in [2.45, 2.75) is 0 Å². The Bertz CT molecular complexity index is 597. The molecule has 5 nitrogen and oxygen atoms in total. The van der Waals surface area contributed by atoms with E-state index in [0.29, 0.717) is 10.9 Å². The SMILES string of the molecule is CSC(=Nc1cccc2nccnc12)NC#N. The summed E-state index contributed by atoms with van der Waals surface area (Å²) in [5.41, 5.74) is 2.20. The molecule has 0 spiro atoms. The van der Waals surface area contributed by atoms with Gasteiger partial charge in [0.25, 0.3) is 0 Å². The summed E-state index contributed by atoms with van der Waals surface area (Å²) in [6.45, 7) is 0. The van der Waals surface area contributed by atoms with Gasteiger partial charge in [-0.1, -0.05) is 17.8 Å². The summed E-state index contributed by atoms with van der Waals surface area (Å²) in [6, 6.07) is 5.57. The van der Waals surface area contributed by atoms with E-state index in [1.165, 1.54) is 11.8 Å². The van der Waals surface area contributed by atoms with Gasteiger partial charge in [-0.15, -0.1) is 0 Å². The lowest BCUT2D eigenvalue weighted by atomic mass is 10.2. The van der Waals surface area contributed by atoms with Crippen LogP contribution in [0.4, 0.5) is 5.69 Å². The number of hydrogen-bond donors (Lipinski definition) is 1. The van der Waals surface area contributed by atoms with Crippen LogP contribution in [0.1, 0.15) is 0 Å². The number of hydrogen-bond acceptors (Lipinski definition) is 5. The zero-order chi connectivity index (χ0) is 12.1. The molecule has 0 bridgehead atoms. The van der Waals surface area contributed by atoms with Crippen molar-refractivity contribution in [3.05, 3.63) is 30.6 Å². The standard InChI is InChI=1S/C11H9N5S/c1-17-11(15-7-12)16-9-4-2-3-8-10(9)14-6-5-13-8/h2-6H,1H3,(H,15,16). The van der Waals surface area contributed by atoms with Gasteiger partial charge in [0.1, 0.15) is 5.52 Å². The number of rotatable bonds is 1. The molecule has 0 atom stereocenters. The quantitative estimate of drug-likeness (QED) is 0.359. The van der Waals surface area contributed by atoms with E-state index in [4.69, 9.17) is 5.26 Å². The molecule has 0 radical (unpaired) electrons. The minimum Gasteiger partial charge on any atom is -0.271 e. The van der Waals surface area contributed by atoms with Gasteiger partial charge in [0.15, 0.2) is 11.4 Å². The van der Waals surface area contributed by atoms with Crippen LogP contribution in [0.5, 0.6) is 0 Å². The van der Waals surface area contributed by atoms with E-state index in [1.807, 2.05) is 30.6 Å². The molecule has 17 heavy (non-hydrogen) atoms. The minimum atomic E-state index is 0.533. The molecule has 0 fully saturated rings. The third kappa shape index (κ3) is 2.52. The van der Waals surface area contributed by atoms with E-state index in [9.17, 15) is 0 Å². The average Bonchev–Trinajstić information content (AvgIpc) is 2.38. The highest BCUT2D eigenvalue weighted by Crippen LogP contribution is 2.22. The van der Waals surface area contributed by atoms with Crippen molar-refractivity contribution in [3.63, 3.8) is 0 Å². The number of nitrogens with one attached hydrogen (secondary N) is 1. The lowest BCUT2D eigenvalue weighted by molar-refractivity contribution is 1.26. The maximum Gasteiger partial charge on any atom is 0.183 e. The van der Waals surface area contributed by atoms with Gasteiger partial charge < -0.3 is 0 Å². The van der Waals surface area contributed by atoms with Crippen molar-refractivity contribution >= 4 is 33.7 Å². The lowest BCUT2D eigenvalue weighted by Gasteiger charge is -2.02. The van der Waals surface area contributed by atoms with Crippen LogP contribution in [0.2, 0.25) is 0 Å². The maximum absolute atomic E-state index is 8.58. The lowest BCUT2D eigenvalue weighted by Crippen LogP contribution is -2.12. The van der Waals surface area contributed by atoms with Crippen LogP contribution in [0.3, 0.4) is 0 Å². The van der Waals surface area contributed by atoms with Crippen LogP contribution in [0, 0.1) is 11.5 Å². The van der Waals surface area contributed by atoms with E-state index in [1.54, 1.807) is 12.4 Å². The molecular weight excluding hydrogens is 234 g/mol. The minimum absolute atomic E-state index is 0.533. The van der Waals surface area contributed by atoms with E-state index in [-0.39, 0.29) is 0 Å². The van der Waals surface area contributed by atoms with Crippen LogP contribution in [-0.4, -0.2) is 21.4 Å². The molecule has 0 aliphatic carbocycles. The second-order valence-electron chi connectivity index (χ2n) is 3.06. The Kier molecular flexibility index (Phi) is 3.52. The highest BCUT2D eigenvalue weighted by Gasteiger charge is 2.03. The Morgan fingerprint density at radius 1 is 1.41 bits per heavy atom. The van der Waals surface area contributed by atoms with Crippen molar-refractivity contribution < 1.29 is 0 Å². The molecule has 2 aromatic rings. The number of benzene rings is 1. The Morgan fingerprint density at radius 3 is 3.00 bits per heavy atom. The number of fused-ring (bicyclic) bond motifs is 1. The van der Waals surface area contributed by atoms with E-state index >= 15 is 0 Å². The number of thioether (sulfide) groups is 1. The number of para-hydroxylation sites is 1. The first-order valence-corrected chi connectivity index (χ1v) is 6.05. The fourth-order valence-electron chi connectivity index (χ4n) is 1.35. The zero-order valence-corrected chi connectivity index (χ0v) is 9.90. The summed E-state index contributed by atoms with van der Waals surface area (Å²) in [7, 11) is 0. The Balaban J connectivity index is 2.52. The van der Waals surface area contributed by atoms with E-state index < -0.39 is 0 Å². The first-order valence-electron chi connectivity index (χ1n) is 4.82. The van der Waals surface area contributed by atoms with Crippen LogP contribution in [0.15, 0.2) is 35.6 Å². The molecule has 1 N–H and O–H groups in total. The molecule has 1 aromatic carbocycles. The Hall–Kier alpha value is -2.13. The first kappa shape index (κ1) is 11.4. The number of amidine groups is 1. The van der Waals surface area contributed by atoms with Gasteiger partial charge in [-0.2, -0.15) is 5.26 Å². The fourth-order valence-corrected chi connectivity index (χ4v) is 1.69. The third-order valence-electron chi connectivity index (χ3n) is 2.06. The summed E-state index contributed by atoms with van der Waals surface area (Å²) >= 11 is 1.37. The Morgan fingerprint density at radius 2 is 2.24 bits per heavy atom. The predicted molar refractivity (Wildman–Crippen MR) is 68.9 cm³/mol. The normalized spacial score (nSPS) is 11.2. The average molecular weight is 243 g/mol. The second kappa shape index (κ2) is 5.27.